The van der Waals surface area contributed by atoms with Crippen LogP contribution in [-0.2, 0) is 20.8 Å². The molecular formula is C20H30N6O3. The summed E-state index contributed by atoms with van der Waals surface area (Å²) in [5.41, 5.74) is 17.6. The number of nitrogens with zero attached hydrogens (tertiary/aromatic N) is 2. The summed E-state index contributed by atoms with van der Waals surface area (Å²) < 4.78 is 0. The third-order valence-corrected chi connectivity index (χ3v) is 4.91. The molecule has 1 aromatic rings. The van der Waals surface area contributed by atoms with Crippen molar-refractivity contribution in [2.24, 2.45) is 22.2 Å². The maximum absolute atomic E-state index is 12.8. The molecule has 1 aliphatic heterocycles. The van der Waals surface area contributed by atoms with Crippen LogP contribution in [0.15, 0.2) is 35.3 Å². The van der Waals surface area contributed by atoms with Crippen molar-refractivity contribution in [1.29, 1.82) is 0 Å². The second-order valence-electron chi connectivity index (χ2n) is 7.19. The van der Waals surface area contributed by atoms with Crippen LogP contribution in [0.4, 0.5) is 0 Å². The van der Waals surface area contributed by atoms with Gasteiger partial charge in [0.15, 0.2) is 5.96 Å². The van der Waals surface area contributed by atoms with Gasteiger partial charge in [-0.25, -0.2) is 0 Å². The summed E-state index contributed by atoms with van der Waals surface area (Å²) in [7, 11) is 0. The van der Waals surface area contributed by atoms with Gasteiger partial charge in [-0.3, -0.25) is 14.6 Å². The number of benzene rings is 1. The molecule has 1 heterocycles. The van der Waals surface area contributed by atoms with E-state index in [0.717, 1.165) is 12.0 Å². The molecule has 158 valence electrons. The Morgan fingerprint density at radius 1 is 1.28 bits per heavy atom. The van der Waals surface area contributed by atoms with E-state index >= 15 is 0 Å². The summed E-state index contributed by atoms with van der Waals surface area (Å²) in [4.78, 5) is 42.2. The van der Waals surface area contributed by atoms with Gasteiger partial charge in [-0.05, 0) is 37.7 Å². The Bertz CT molecular complexity index is 720. The first-order valence-electron chi connectivity index (χ1n) is 9.83. The van der Waals surface area contributed by atoms with Crippen molar-refractivity contribution in [1.82, 2.24) is 10.2 Å². The van der Waals surface area contributed by atoms with Crippen molar-refractivity contribution in [3.8, 4) is 0 Å². The minimum Gasteiger partial charge on any atom is -0.370 e. The first-order valence-corrected chi connectivity index (χ1v) is 9.83. The molecule has 0 aromatic heterocycles. The van der Waals surface area contributed by atoms with E-state index in [1.165, 1.54) is 4.90 Å². The number of hydrogen-bond acceptors (Lipinski definition) is 5. The van der Waals surface area contributed by atoms with Gasteiger partial charge in [0.1, 0.15) is 12.3 Å². The molecule has 9 heteroatoms. The Balaban J connectivity index is 1.90. The molecule has 2 unspecified atom stereocenters. The Labute approximate surface area is 170 Å². The third kappa shape index (κ3) is 6.86. The summed E-state index contributed by atoms with van der Waals surface area (Å²) in [5.74, 6) is -0.591. The van der Waals surface area contributed by atoms with Crippen LogP contribution in [0.25, 0.3) is 0 Å². The summed E-state index contributed by atoms with van der Waals surface area (Å²) in [5, 5.41) is 2.72. The SMILES string of the molecule is NC(N)=NCCCC(C=O)NC(=O)C1CCCN1C(=O)[C@H](N)Cc1ccccc1. The van der Waals surface area contributed by atoms with Gasteiger partial charge in [-0.1, -0.05) is 30.3 Å². The minimum atomic E-state index is -0.716. The number of likely N-dealkylation sites (tertiary alicyclic amines) is 1. The number of carbonyl (C=O) groups excluding carboxylic acids is 3. The van der Waals surface area contributed by atoms with Crippen molar-refractivity contribution in [3.05, 3.63) is 35.9 Å². The molecule has 0 aliphatic carbocycles. The van der Waals surface area contributed by atoms with Crippen molar-refractivity contribution in [2.45, 2.75) is 50.2 Å². The van der Waals surface area contributed by atoms with Crippen molar-refractivity contribution < 1.29 is 14.4 Å². The highest BCUT2D eigenvalue weighted by Gasteiger charge is 2.36. The van der Waals surface area contributed by atoms with Crippen LogP contribution in [0.5, 0.6) is 0 Å². The summed E-state index contributed by atoms with van der Waals surface area (Å²) in [6, 6.07) is 7.55. The zero-order chi connectivity index (χ0) is 21.2. The van der Waals surface area contributed by atoms with Gasteiger partial charge in [-0.15, -0.1) is 0 Å². The van der Waals surface area contributed by atoms with Gasteiger partial charge in [0, 0.05) is 13.1 Å². The van der Waals surface area contributed by atoms with E-state index in [1.807, 2.05) is 30.3 Å². The minimum absolute atomic E-state index is 0.0105. The fourth-order valence-corrected chi connectivity index (χ4v) is 3.44. The highest BCUT2D eigenvalue weighted by molar-refractivity contribution is 5.91. The number of amides is 2. The number of aldehydes is 1. The first kappa shape index (κ1) is 22.4. The normalized spacial score (nSPS) is 18.0. The second kappa shape index (κ2) is 11.2. The summed E-state index contributed by atoms with van der Waals surface area (Å²) in [6.07, 6.45) is 3.34. The maximum Gasteiger partial charge on any atom is 0.243 e. The Hall–Kier alpha value is -2.94. The quantitative estimate of drug-likeness (QED) is 0.175. The molecule has 1 aliphatic rings. The predicted molar refractivity (Wildman–Crippen MR) is 111 cm³/mol. The highest BCUT2D eigenvalue weighted by Crippen LogP contribution is 2.19. The lowest BCUT2D eigenvalue weighted by Crippen LogP contribution is -2.53. The van der Waals surface area contributed by atoms with E-state index in [2.05, 4.69) is 10.3 Å². The molecule has 1 saturated heterocycles. The molecular weight excluding hydrogens is 372 g/mol. The van der Waals surface area contributed by atoms with Crippen LogP contribution in [0.1, 0.15) is 31.2 Å². The monoisotopic (exact) mass is 402 g/mol. The maximum atomic E-state index is 12.8. The fraction of sp³-hybridized carbons (Fsp3) is 0.500. The van der Waals surface area contributed by atoms with E-state index in [9.17, 15) is 14.4 Å². The number of carbonyl (C=O) groups is 3. The van der Waals surface area contributed by atoms with Gasteiger partial charge in [0.25, 0.3) is 0 Å². The average Bonchev–Trinajstić information content (AvgIpc) is 3.20. The average molecular weight is 402 g/mol. The second-order valence-corrected chi connectivity index (χ2v) is 7.19. The zero-order valence-corrected chi connectivity index (χ0v) is 16.5. The molecule has 0 saturated carbocycles. The number of nitrogens with one attached hydrogen (secondary N) is 1. The Kier molecular flexibility index (Phi) is 8.60. The van der Waals surface area contributed by atoms with E-state index in [4.69, 9.17) is 17.2 Å². The highest BCUT2D eigenvalue weighted by atomic mass is 16.2. The van der Waals surface area contributed by atoms with E-state index < -0.39 is 18.1 Å². The predicted octanol–water partition coefficient (Wildman–Crippen LogP) is -0.715. The molecule has 3 atom stereocenters. The molecule has 29 heavy (non-hydrogen) atoms. The van der Waals surface area contributed by atoms with Crippen LogP contribution in [0.3, 0.4) is 0 Å². The van der Waals surface area contributed by atoms with Crippen LogP contribution >= 0.6 is 0 Å². The lowest BCUT2D eigenvalue weighted by atomic mass is 10.0. The van der Waals surface area contributed by atoms with E-state index in [0.29, 0.717) is 45.1 Å². The molecule has 2 rings (SSSR count). The number of aliphatic imine (C=N–C) groups is 1. The van der Waals surface area contributed by atoms with Crippen molar-refractivity contribution in [3.63, 3.8) is 0 Å². The van der Waals surface area contributed by atoms with Gasteiger partial charge >= 0.3 is 0 Å². The molecule has 1 aromatic carbocycles. The topological polar surface area (TPSA) is 157 Å². The van der Waals surface area contributed by atoms with Crippen molar-refractivity contribution >= 4 is 24.1 Å². The molecule has 1 fully saturated rings. The zero-order valence-electron chi connectivity index (χ0n) is 16.5. The van der Waals surface area contributed by atoms with Crippen LogP contribution in [0, 0.1) is 0 Å². The summed E-state index contributed by atoms with van der Waals surface area (Å²) in [6.45, 7) is 0.862. The van der Waals surface area contributed by atoms with Gasteiger partial charge in [-0.2, -0.15) is 0 Å². The van der Waals surface area contributed by atoms with Gasteiger partial charge in [0.2, 0.25) is 11.8 Å². The molecule has 0 radical (unpaired) electrons. The molecule has 0 bridgehead atoms. The lowest BCUT2D eigenvalue weighted by molar-refractivity contribution is -0.139. The molecule has 0 spiro atoms. The fourth-order valence-electron chi connectivity index (χ4n) is 3.44. The largest absolute Gasteiger partial charge is 0.370 e. The smallest absolute Gasteiger partial charge is 0.243 e. The number of guanidine groups is 1. The third-order valence-electron chi connectivity index (χ3n) is 4.91. The molecule has 2 amide bonds. The van der Waals surface area contributed by atoms with Crippen LogP contribution in [0.2, 0.25) is 0 Å². The standard InChI is InChI=1S/C20H30N6O3/c21-16(12-14-6-2-1-3-7-14)19(29)26-11-5-9-17(26)18(28)25-15(13-27)8-4-10-24-20(22)23/h1-3,6-7,13,15-17H,4-5,8-12,21H2,(H,25,28)(H4,22,23,24)/t15?,16-,17?/m1/s1. The van der Waals surface area contributed by atoms with Crippen molar-refractivity contribution in [2.75, 3.05) is 13.1 Å². The van der Waals surface area contributed by atoms with Crippen LogP contribution < -0.4 is 22.5 Å². The van der Waals surface area contributed by atoms with Gasteiger partial charge < -0.3 is 32.2 Å². The van der Waals surface area contributed by atoms with Crippen LogP contribution in [-0.4, -0.2) is 60.2 Å². The van der Waals surface area contributed by atoms with Gasteiger partial charge in [0.05, 0.1) is 12.1 Å². The Morgan fingerprint density at radius 2 is 2.00 bits per heavy atom. The number of rotatable bonds is 10. The number of hydrogen-bond donors (Lipinski definition) is 4. The van der Waals surface area contributed by atoms with E-state index in [1.54, 1.807) is 0 Å². The summed E-state index contributed by atoms with van der Waals surface area (Å²) >= 11 is 0. The molecule has 9 nitrogen and oxygen atoms in total. The Morgan fingerprint density at radius 3 is 2.66 bits per heavy atom. The molecule has 7 N–H and O–H groups in total. The lowest BCUT2D eigenvalue weighted by Gasteiger charge is -2.27. The first-order chi connectivity index (χ1) is 13.9. The number of nitrogens with two attached hydrogens (primary N) is 3. The van der Waals surface area contributed by atoms with E-state index in [-0.39, 0.29) is 17.8 Å².